The van der Waals surface area contributed by atoms with Gasteiger partial charge in [0.25, 0.3) is 0 Å². The zero-order valence-electron chi connectivity index (χ0n) is 7.53. The second kappa shape index (κ2) is 3.90. The van der Waals surface area contributed by atoms with Gasteiger partial charge in [-0.1, -0.05) is 27.7 Å². The Morgan fingerprint density at radius 1 is 1.71 bits per heavy atom. The van der Waals surface area contributed by atoms with Crippen molar-refractivity contribution in [2.45, 2.75) is 16.4 Å². The van der Waals surface area contributed by atoms with Crippen molar-refractivity contribution in [3.63, 3.8) is 0 Å². The Morgan fingerprint density at radius 2 is 2.50 bits per heavy atom. The topological polar surface area (TPSA) is 61.9 Å². The molecule has 5 nitrogen and oxygen atoms in total. The van der Waals surface area contributed by atoms with E-state index in [0.29, 0.717) is 24.1 Å². The summed E-state index contributed by atoms with van der Waals surface area (Å²) >= 11 is 4.86. The number of hydrogen-bond donors (Lipinski definition) is 1. The number of thioether (sulfide) groups is 1. The van der Waals surface area contributed by atoms with Crippen LogP contribution in [0.5, 0.6) is 0 Å². The van der Waals surface area contributed by atoms with Crippen molar-refractivity contribution in [3.8, 4) is 0 Å². The van der Waals surface area contributed by atoms with Crippen LogP contribution in [0.25, 0.3) is 0 Å². The maximum atomic E-state index is 11.5. The van der Waals surface area contributed by atoms with E-state index in [-0.39, 0.29) is 10.7 Å². The second-order valence-corrected chi connectivity index (χ2v) is 5.02. The normalized spacial score (nSPS) is 22.0. The number of anilines is 1. The average Bonchev–Trinajstić information content (AvgIpc) is 2.71. The molecule has 0 aromatic carbocycles. The highest BCUT2D eigenvalue weighted by Crippen LogP contribution is 2.23. The van der Waals surface area contributed by atoms with E-state index in [1.807, 2.05) is 6.26 Å². The summed E-state index contributed by atoms with van der Waals surface area (Å²) in [4.78, 5) is 17.5. The first-order valence-corrected chi connectivity index (χ1v) is 6.25. The predicted octanol–water partition coefficient (Wildman–Crippen LogP) is 1.03. The summed E-state index contributed by atoms with van der Waals surface area (Å²) in [5.41, 5.74) is 0. The maximum absolute atomic E-state index is 11.5. The van der Waals surface area contributed by atoms with Crippen LogP contribution in [0.1, 0.15) is 6.42 Å². The van der Waals surface area contributed by atoms with E-state index in [4.69, 9.17) is 0 Å². The molecule has 1 aliphatic rings. The van der Waals surface area contributed by atoms with Gasteiger partial charge in [0, 0.05) is 17.8 Å². The zero-order chi connectivity index (χ0) is 10.1. The molecular weight excluding hydrogens is 268 g/mol. The third-order valence-electron chi connectivity index (χ3n) is 1.97. The third kappa shape index (κ3) is 1.78. The number of carbonyl (C=O) groups is 1. The van der Waals surface area contributed by atoms with Crippen LogP contribution in [-0.2, 0) is 4.79 Å². The highest BCUT2D eigenvalue weighted by molar-refractivity contribution is 9.09. The van der Waals surface area contributed by atoms with Crippen molar-refractivity contribution in [2.75, 3.05) is 17.7 Å². The molecule has 1 fully saturated rings. The second-order valence-electron chi connectivity index (χ2n) is 2.95. The molecule has 76 valence electrons. The van der Waals surface area contributed by atoms with Crippen molar-refractivity contribution in [1.29, 1.82) is 0 Å². The zero-order valence-corrected chi connectivity index (χ0v) is 9.93. The van der Waals surface area contributed by atoms with Crippen LogP contribution in [0.4, 0.5) is 5.95 Å². The minimum Gasteiger partial charge on any atom is -0.280 e. The van der Waals surface area contributed by atoms with Crippen molar-refractivity contribution in [1.82, 2.24) is 15.2 Å². The largest absolute Gasteiger partial charge is 0.280 e. The number of rotatable bonds is 2. The van der Waals surface area contributed by atoms with Gasteiger partial charge in [-0.2, -0.15) is 4.98 Å². The number of carbonyl (C=O) groups excluding carboxylic acids is 1. The van der Waals surface area contributed by atoms with Crippen molar-refractivity contribution >= 4 is 39.5 Å². The highest BCUT2D eigenvalue weighted by Gasteiger charge is 2.30. The van der Waals surface area contributed by atoms with Crippen LogP contribution in [0.3, 0.4) is 0 Å². The Labute approximate surface area is 93.8 Å². The third-order valence-corrected chi connectivity index (χ3v) is 3.13. The number of alkyl halides is 1. The molecule has 1 aromatic heterocycles. The van der Waals surface area contributed by atoms with Gasteiger partial charge in [0.2, 0.25) is 17.0 Å². The van der Waals surface area contributed by atoms with Gasteiger partial charge in [-0.15, -0.1) is 5.10 Å². The Hall–Kier alpha value is -0.560. The first kappa shape index (κ1) is 9.97. The summed E-state index contributed by atoms with van der Waals surface area (Å²) in [5, 5.41) is 7.37. The lowest BCUT2D eigenvalue weighted by atomic mass is 10.4. The molecule has 7 heteroatoms. The number of aromatic nitrogens is 3. The summed E-state index contributed by atoms with van der Waals surface area (Å²) < 4.78 is 0. The summed E-state index contributed by atoms with van der Waals surface area (Å²) in [7, 11) is 0. The van der Waals surface area contributed by atoms with Crippen LogP contribution < -0.4 is 4.90 Å². The number of nitrogens with one attached hydrogen (secondary N) is 1. The van der Waals surface area contributed by atoms with Crippen molar-refractivity contribution in [2.24, 2.45) is 0 Å². The molecule has 14 heavy (non-hydrogen) atoms. The first-order valence-electron chi connectivity index (χ1n) is 4.11. The maximum Gasteiger partial charge on any atom is 0.230 e. The Bertz CT molecular complexity index is 355. The molecule has 1 atom stereocenters. The minimum atomic E-state index is 0.0793. The molecule has 1 amide bonds. The summed E-state index contributed by atoms with van der Waals surface area (Å²) in [6.07, 6.45) is 2.42. The molecule has 1 unspecified atom stereocenters. The molecule has 0 radical (unpaired) electrons. The minimum absolute atomic E-state index is 0.0793. The SMILES string of the molecule is CSc1n[nH]c(N2CC(Br)CC2=O)n1. The average molecular weight is 277 g/mol. The number of aromatic amines is 1. The monoisotopic (exact) mass is 276 g/mol. The lowest BCUT2D eigenvalue weighted by molar-refractivity contribution is -0.117. The van der Waals surface area contributed by atoms with E-state index >= 15 is 0 Å². The van der Waals surface area contributed by atoms with E-state index in [1.165, 1.54) is 11.8 Å². The van der Waals surface area contributed by atoms with E-state index in [1.54, 1.807) is 4.90 Å². The number of amides is 1. The van der Waals surface area contributed by atoms with Gasteiger partial charge in [-0.3, -0.25) is 9.69 Å². The molecule has 1 aromatic rings. The van der Waals surface area contributed by atoms with Gasteiger partial charge in [-0.05, 0) is 6.26 Å². The van der Waals surface area contributed by atoms with Crippen molar-refractivity contribution < 1.29 is 4.79 Å². The molecule has 2 heterocycles. The van der Waals surface area contributed by atoms with Crippen LogP contribution in [0, 0.1) is 0 Å². The molecule has 0 aliphatic carbocycles. The number of hydrogen-bond acceptors (Lipinski definition) is 4. The van der Waals surface area contributed by atoms with Gasteiger partial charge in [0.1, 0.15) is 0 Å². The smallest absolute Gasteiger partial charge is 0.230 e. The van der Waals surface area contributed by atoms with Crippen LogP contribution in [0.2, 0.25) is 0 Å². The number of H-pyrrole nitrogens is 1. The molecule has 2 rings (SSSR count). The lowest BCUT2D eigenvalue weighted by Crippen LogP contribution is -2.25. The summed E-state index contributed by atoms with van der Waals surface area (Å²) in [6.45, 7) is 0.655. The summed E-state index contributed by atoms with van der Waals surface area (Å²) in [5.74, 6) is 0.622. The summed E-state index contributed by atoms with van der Waals surface area (Å²) in [6, 6.07) is 0. The fourth-order valence-corrected chi connectivity index (χ4v) is 2.20. The van der Waals surface area contributed by atoms with Crippen LogP contribution >= 0.6 is 27.7 Å². The fraction of sp³-hybridized carbons (Fsp3) is 0.571. The Kier molecular flexibility index (Phi) is 2.78. The quantitative estimate of drug-likeness (QED) is 0.647. The Balaban J connectivity index is 2.18. The predicted molar refractivity (Wildman–Crippen MR) is 57.8 cm³/mol. The molecule has 1 aliphatic heterocycles. The Morgan fingerprint density at radius 3 is 3.00 bits per heavy atom. The van der Waals surface area contributed by atoms with Crippen LogP contribution in [-0.4, -0.2) is 38.7 Å². The standard InChI is InChI=1S/C7H9BrN4OS/c1-14-7-9-6(10-11-7)12-3-4(8)2-5(12)13/h4H,2-3H2,1H3,(H,9,10,11). The molecule has 0 saturated carbocycles. The van der Waals surface area contributed by atoms with Gasteiger partial charge < -0.3 is 0 Å². The van der Waals surface area contributed by atoms with Crippen LogP contribution in [0.15, 0.2) is 5.16 Å². The van der Waals surface area contributed by atoms with E-state index in [0.717, 1.165) is 0 Å². The van der Waals surface area contributed by atoms with E-state index in [9.17, 15) is 4.79 Å². The molecule has 0 spiro atoms. The molecule has 1 saturated heterocycles. The van der Waals surface area contributed by atoms with E-state index < -0.39 is 0 Å². The highest BCUT2D eigenvalue weighted by atomic mass is 79.9. The fourth-order valence-electron chi connectivity index (χ4n) is 1.32. The van der Waals surface area contributed by atoms with Crippen molar-refractivity contribution in [3.05, 3.63) is 0 Å². The lowest BCUT2D eigenvalue weighted by Gasteiger charge is -2.10. The van der Waals surface area contributed by atoms with Gasteiger partial charge in [-0.25, -0.2) is 5.10 Å². The van der Waals surface area contributed by atoms with Gasteiger partial charge in [0.15, 0.2) is 0 Å². The molecule has 1 N–H and O–H groups in total. The van der Waals surface area contributed by atoms with E-state index in [2.05, 4.69) is 31.1 Å². The first-order chi connectivity index (χ1) is 6.70. The molecule has 0 bridgehead atoms. The van der Waals surface area contributed by atoms with Gasteiger partial charge >= 0.3 is 0 Å². The van der Waals surface area contributed by atoms with Gasteiger partial charge in [0.05, 0.1) is 0 Å². The number of nitrogens with zero attached hydrogens (tertiary/aromatic N) is 3. The number of halogens is 1. The molecular formula is C7H9BrN4OS.